The average Bonchev–Trinajstić information content (AvgIpc) is 3.18. The van der Waals surface area contributed by atoms with Crippen LogP contribution in [0.1, 0.15) is 32.3 Å². The fraction of sp³-hybridized carbons (Fsp3) is 0.190. The number of rotatable bonds is 6. The summed E-state index contributed by atoms with van der Waals surface area (Å²) < 4.78 is 4.78. The molecule has 1 aromatic carbocycles. The quantitative estimate of drug-likeness (QED) is 0.278. The second-order valence-corrected chi connectivity index (χ2v) is 8.46. The molecule has 0 amide bonds. The third-order valence-corrected chi connectivity index (χ3v) is 6.15. The minimum atomic E-state index is -0.591. The first kappa shape index (κ1) is 20.2. The highest BCUT2D eigenvalue weighted by Crippen LogP contribution is 2.23. The van der Waals surface area contributed by atoms with Crippen LogP contribution in [0.4, 0.5) is 0 Å². The Labute approximate surface area is 180 Å². The number of pyridine rings is 1. The number of thioether (sulfide) groups is 1. The van der Waals surface area contributed by atoms with Crippen LogP contribution in [0.15, 0.2) is 51.7 Å². The van der Waals surface area contributed by atoms with Gasteiger partial charge in [-0.05, 0) is 18.6 Å². The lowest BCUT2D eigenvalue weighted by molar-refractivity contribution is 0.0602. The molecule has 0 saturated heterocycles. The number of carbonyl (C=O) groups is 1. The van der Waals surface area contributed by atoms with Crippen LogP contribution in [-0.4, -0.2) is 33.0 Å². The number of aromatic nitrogens is 4. The molecule has 0 bridgehead atoms. The van der Waals surface area contributed by atoms with Crippen LogP contribution in [0.3, 0.4) is 0 Å². The molecule has 0 unspecified atom stereocenters. The number of H-pyrrole nitrogens is 1. The summed E-state index contributed by atoms with van der Waals surface area (Å²) in [6.07, 6.45) is 0.792. The van der Waals surface area contributed by atoms with E-state index in [9.17, 15) is 9.59 Å². The Kier molecular flexibility index (Phi) is 5.91. The molecule has 1 N–H and O–H groups in total. The summed E-state index contributed by atoms with van der Waals surface area (Å²) in [7, 11) is 1.27. The summed E-state index contributed by atoms with van der Waals surface area (Å²) in [5.74, 6) is -0.0262. The Morgan fingerprint density at radius 1 is 1.20 bits per heavy atom. The minimum absolute atomic E-state index is 0.135. The van der Waals surface area contributed by atoms with Gasteiger partial charge in [-0.25, -0.2) is 19.7 Å². The second kappa shape index (κ2) is 8.76. The number of esters is 1. The number of hydrogen-bond donors (Lipinski definition) is 1. The first-order valence-electron chi connectivity index (χ1n) is 9.13. The van der Waals surface area contributed by atoms with E-state index in [-0.39, 0.29) is 16.6 Å². The number of ether oxygens (including phenoxy) is 1. The highest BCUT2D eigenvalue weighted by molar-refractivity contribution is 7.98. The van der Waals surface area contributed by atoms with E-state index < -0.39 is 11.5 Å². The molecule has 0 aliphatic carbocycles. The number of fused-ring (bicyclic) bond motifs is 1. The predicted molar refractivity (Wildman–Crippen MR) is 117 cm³/mol. The van der Waals surface area contributed by atoms with Crippen LogP contribution in [-0.2, 0) is 16.9 Å². The fourth-order valence-electron chi connectivity index (χ4n) is 2.99. The van der Waals surface area contributed by atoms with Gasteiger partial charge in [0.1, 0.15) is 0 Å². The number of nitrogens with one attached hydrogen (secondary N) is 1. The first-order chi connectivity index (χ1) is 14.5. The van der Waals surface area contributed by atoms with E-state index in [1.165, 1.54) is 30.5 Å². The summed E-state index contributed by atoms with van der Waals surface area (Å²) in [4.78, 5) is 40.8. The molecule has 3 heterocycles. The van der Waals surface area contributed by atoms with E-state index in [1.54, 1.807) is 18.3 Å². The maximum atomic E-state index is 12.6. The highest BCUT2D eigenvalue weighted by atomic mass is 32.2. The number of nitrogens with zero attached hydrogens (tertiary/aromatic N) is 3. The van der Waals surface area contributed by atoms with Crippen LogP contribution < -0.4 is 5.56 Å². The Hall–Kier alpha value is -3.04. The third kappa shape index (κ3) is 4.42. The molecule has 4 rings (SSSR count). The second-order valence-electron chi connectivity index (χ2n) is 6.56. The van der Waals surface area contributed by atoms with Gasteiger partial charge in [-0.3, -0.25) is 4.79 Å². The lowest BCUT2D eigenvalue weighted by Gasteiger charge is -2.06. The average molecular weight is 439 g/mol. The largest absolute Gasteiger partial charge is 0.465 e. The number of carbonyl (C=O) groups excluding carboxylic acids is 1. The molecule has 0 aliphatic heterocycles. The van der Waals surface area contributed by atoms with E-state index in [0.29, 0.717) is 16.6 Å². The smallest absolute Gasteiger partial charge is 0.338 e. The van der Waals surface area contributed by atoms with Crippen molar-refractivity contribution in [2.75, 3.05) is 7.11 Å². The molecule has 0 spiro atoms. The molecule has 30 heavy (non-hydrogen) atoms. The van der Waals surface area contributed by atoms with Crippen molar-refractivity contribution in [3.63, 3.8) is 0 Å². The Morgan fingerprint density at radius 3 is 2.77 bits per heavy atom. The monoisotopic (exact) mass is 438 g/mol. The zero-order valence-corrected chi connectivity index (χ0v) is 18.0. The van der Waals surface area contributed by atoms with Crippen molar-refractivity contribution in [2.45, 2.75) is 24.3 Å². The summed E-state index contributed by atoms with van der Waals surface area (Å²) >= 11 is 2.98. The highest BCUT2D eigenvalue weighted by Gasteiger charge is 2.17. The van der Waals surface area contributed by atoms with Crippen LogP contribution in [0.25, 0.3) is 11.0 Å². The number of benzene rings is 1. The van der Waals surface area contributed by atoms with Gasteiger partial charge in [0.15, 0.2) is 10.8 Å². The van der Waals surface area contributed by atoms with E-state index >= 15 is 0 Å². The van der Waals surface area contributed by atoms with Gasteiger partial charge in [0.05, 0.1) is 28.8 Å². The predicted octanol–water partition coefficient (Wildman–Crippen LogP) is 3.75. The lowest BCUT2D eigenvalue weighted by Crippen LogP contribution is -2.16. The van der Waals surface area contributed by atoms with E-state index in [0.717, 1.165) is 17.1 Å². The molecule has 0 saturated carbocycles. The Bertz CT molecular complexity index is 1270. The third-order valence-electron chi connectivity index (χ3n) is 4.34. The molecule has 3 aromatic heterocycles. The molecule has 0 atom stereocenters. The van der Waals surface area contributed by atoms with Gasteiger partial charge in [0.25, 0.3) is 5.56 Å². The van der Waals surface area contributed by atoms with Crippen molar-refractivity contribution in [2.24, 2.45) is 0 Å². The normalized spacial score (nSPS) is 11.0. The molecule has 152 valence electrons. The standard InChI is InChI=1S/C21H18N4O3S2/c1-12-8-15(20(27)28-2)17-18(22-12)24-21(25-19(17)26)30-11-14-10-29-16(23-14)9-13-6-4-3-5-7-13/h3-8,10H,9,11H2,1-2H3,(H,22,24,25,26). The topological polar surface area (TPSA) is 97.8 Å². The van der Waals surface area contributed by atoms with Crippen LogP contribution in [0, 0.1) is 6.92 Å². The summed E-state index contributed by atoms with van der Waals surface area (Å²) in [5, 5.41) is 3.62. The molecular formula is C21H18N4O3S2. The van der Waals surface area contributed by atoms with Gasteiger partial charge in [0.2, 0.25) is 0 Å². The van der Waals surface area contributed by atoms with Crippen molar-refractivity contribution in [1.82, 2.24) is 19.9 Å². The number of aryl methyl sites for hydroxylation is 1. The Morgan fingerprint density at radius 2 is 2.00 bits per heavy atom. The van der Waals surface area contributed by atoms with Crippen molar-refractivity contribution in [3.05, 3.63) is 79.7 Å². The maximum absolute atomic E-state index is 12.6. The van der Waals surface area contributed by atoms with Crippen LogP contribution in [0.2, 0.25) is 0 Å². The van der Waals surface area contributed by atoms with Crippen molar-refractivity contribution < 1.29 is 9.53 Å². The lowest BCUT2D eigenvalue weighted by atomic mass is 10.1. The van der Waals surface area contributed by atoms with Crippen molar-refractivity contribution in [3.8, 4) is 0 Å². The number of methoxy groups -OCH3 is 1. The van der Waals surface area contributed by atoms with Crippen molar-refractivity contribution in [1.29, 1.82) is 0 Å². The van der Waals surface area contributed by atoms with Crippen LogP contribution in [0.5, 0.6) is 0 Å². The molecule has 9 heteroatoms. The van der Waals surface area contributed by atoms with E-state index in [2.05, 4.69) is 32.1 Å². The Balaban J connectivity index is 1.54. The van der Waals surface area contributed by atoms with E-state index in [1.807, 2.05) is 23.6 Å². The molecular weight excluding hydrogens is 420 g/mol. The van der Waals surface area contributed by atoms with Crippen molar-refractivity contribution >= 4 is 40.1 Å². The van der Waals surface area contributed by atoms with Gasteiger partial charge in [-0.1, -0.05) is 42.1 Å². The number of hydrogen-bond acceptors (Lipinski definition) is 8. The SMILES string of the molecule is COC(=O)c1cc(C)nc2nc(SCc3csc(Cc4ccccc4)n3)[nH]c(=O)c12. The molecule has 7 nitrogen and oxygen atoms in total. The molecule has 0 fully saturated rings. The van der Waals surface area contributed by atoms with Crippen LogP contribution >= 0.6 is 23.1 Å². The fourth-order valence-corrected chi connectivity index (χ4v) is 4.68. The van der Waals surface area contributed by atoms with Gasteiger partial charge in [-0.15, -0.1) is 11.3 Å². The zero-order chi connectivity index (χ0) is 21.1. The number of thiazole rings is 1. The summed E-state index contributed by atoms with van der Waals surface area (Å²) in [6, 6.07) is 11.7. The van der Waals surface area contributed by atoms with Gasteiger partial charge < -0.3 is 9.72 Å². The molecule has 4 aromatic rings. The van der Waals surface area contributed by atoms with Gasteiger partial charge >= 0.3 is 5.97 Å². The first-order valence-corrected chi connectivity index (χ1v) is 11.0. The maximum Gasteiger partial charge on any atom is 0.338 e. The zero-order valence-electron chi connectivity index (χ0n) is 16.3. The summed E-state index contributed by atoms with van der Waals surface area (Å²) in [6.45, 7) is 1.74. The van der Waals surface area contributed by atoms with E-state index in [4.69, 9.17) is 4.74 Å². The number of aromatic amines is 1. The molecule has 0 aliphatic rings. The summed E-state index contributed by atoms with van der Waals surface area (Å²) in [5.41, 5.74) is 2.70. The molecule has 0 radical (unpaired) electrons. The van der Waals surface area contributed by atoms with Gasteiger partial charge in [0, 0.05) is 23.2 Å². The van der Waals surface area contributed by atoms with Gasteiger partial charge in [-0.2, -0.15) is 0 Å². The minimum Gasteiger partial charge on any atom is -0.465 e.